The number of hydrogen-bond donors (Lipinski definition) is 1. The van der Waals surface area contributed by atoms with Gasteiger partial charge in [0.05, 0.1) is 18.4 Å². The molecule has 3 aromatic rings. The molecule has 7 heteroatoms. The van der Waals surface area contributed by atoms with Crippen molar-refractivity contribution < 1.29 is 9.53 Å². The third-order valence-corrected chi connectivity index (χ3v) is 3.86. The number of hydrogen-bond acceptors (Lipinski definition) is 5. The van der Waals surface area contributed by atoms with Crippen molar-refractivity contribution >= 4 is 5.91 Å². The standard InChI is InChI=1S/C18H19N5O2/c1-13-7-8-17(25-2)14(11-13)9-10-19-18(24)15-5-3-4-6-16(15)23-12-20-21-22-23/h3-8,11-12H,9-10H2,1-2H3,(H,19,24). The third-order valence-electron chi connectivity index (χ3n) is 3.86. The first-order valence-electron chi connectivity index (χ1n) is 7.93. The number of tetrazole rings is 1. The van der Waals surface area contributed by atoms with Gasteiger partial charge in [0.1, 0.15) is 12.1 Å². The van der Waals surface area contributed by atoms with Crippen molar-refractivity contribution in [3.05, 3.63) is 65.5 Å². The van der Waals surface area contributed by atoms with Gasteiger partial charge in [-0.1, -0.05) is 29.8 Å². The molecule has 0 saturated carbocycles. The number of nitrogens with zero attached hydrogens (tertiary/aromatic N) is 4. The fourth-order valence-corrected chi connectivity index (χ4v) is 2.65. The minimum absolute atomic E-state index is 0.169. The van der Waals surface area contributed by atoms with E-state index in [0.717, 1.165) is 16.9 Å². The molecular formula is C18H19N5O2. The second-order valence-electron chi connectivity index (χ2n) is 5.59. The number of aromatic nitrogens is 4. The monoisotopic (exact) mass is 337 g/mol. The van der Waals surface area contributed by atoms with Crippen LogP contribution in [0.25, 0.3) is 5.69 Å². The van der Waals surface area contributed by atoms with Gasteiger partial charge in [0.25, 0.3) is 5.91 Å². The first-order valence-corrected chi connectivity index (χ1v) is 7.93. The number of benzene rings is 2. The van der Waals surface area contributed by atoms with E-state index >= 15 is 0 Å². The fraction of sp³-hybridized carbons (Fsp3) is 0.222. The summed E-state index contributed by atoms with van der Waals surface area (Å²) in [5.74, 6) is 0.659. The SMILES string of the molecule is COc1ccc(C)cc1CCNC(=O)c1ccccc1-n1cnnn1. The molecule has 0 radical (unpaired) electrons. The first kappa shape index (κ1) is 16.6. The zero-order valence-corrected chi connectivity index (χ0v) is 14.1. The smallest absolute Gasteiger partial charge is 0.253 e. The number of amides is 1. The Morgan fingerprint density at radius 2 is 2.08 bits per heavy atom. The van der Waals surface area contributed by atoms with E-state index < -0.39 is 0 Å². The average molecular weight is 337 g/mol. The Morgan fingerprint density at radius 3 is 2.84 bits per heavy atom. The van der Waals surface area contributed by atoms with Crippen molar-refractivity contribution in [2.45, 2.75) is 13.3 Å². The molecule has 0 bridgehead atoms. The van der Waals surface area contributed by atoms with Crippen molar-refractivity contribution in [2.24, 2.45) is 0 Å². The molecule has 128 valence electrons. The van der Waals surface area contributed by atoms with Gasteiger partial charge >= 0.3 is 0 Å². The van der Waals surface area contributed by atoms with Gasteiger partial charge in [-0.25, -0.2) is 0 Å². The predicted octanol–water partition coefficient (Wildman–Crippen LogP) is 1.95. The first-order chi connectivity index (χ1) is 12.2. The van der Waals surface area contributed by atoms with Crippen LogP contribution < -0.4 is 10.1 Å². The summed E-state index contributed by atoms with van der Waals surface area (Å²) >= 11 is 0. The highest BCUT2D eigenvalue weighted by Gasteiger charge is 2.13. The van der Waals surface area contributed by atoms with Crippen molar-refractivity contribution in [2.75, 3.05) is 13.7 Å². The topological polar surface area (TPSA) is 81.9 Å². The summed E-state index contributed by atoms with van der Waals surface area (Å²) in [5.41, 5.74) is 3.38. The van der Waals surface area contributed by atoms with Crippen molar-refractivity contribution in [3.63, 3.8) is 0 Å². The van der Waals surface area contributed by atoms with Crippen LogP contribution in [0.1, 0.15) is 21.5 Å². The number of methoxy groups -OCH3 is 1. The Kier molecular flexibility index (Phi) is 5.03. The Hall–Kier alpha value is -3.22. The van der Waals surface area contributed by atoms with Crippen LogP contribution in [0, 0.1) is 6.92 Å². The molecule has 7 nitrogen and oxygen atoms in total. The molecular weight excluding hydrogens is 318 g/mol. The highest BCUT2D eigenvalue weighted by molar-refractivity contribution is 5.97. The van der Waals surface area contributed by atoms with Gasteiger partial charge < -0.3 is 10.1 Å². The molecule has 0 spiro atoms. The Balaban J connectivity index is 1.69. The summed E-state index contributed by atoms with van der Waals surface area (Å²) < 4.78 is 6.84. The maximum atomic E-state index is 12.5. The number of aryl methyl sites for hydroxylation is 1. The van der Waals surface area contributed by atoms with E-state index in [4.69, 9.17) is 4.74 Å². The maximum absolute atomic E-state index is 12.5. The van der Waals surface area contributed by atoms with E-state index in [2.05, 4.69) is 26.9 Å². The van der Waals surface area contributed by atoms with Gasteiger partial charge in [-0.2, -0.15) is 4.68 Å². The Morgan fingerprint density at radius 1 is 1.24 bits per heavy atom. The minimum atomic E-state index is -0.169. The van der Waals surface area contributed by atoms with Crippen LogP contribution in [-0.4, -0.2) is 39.8 Å². The minimum Gasteiger partial charge on any atom is -0.496 e. The van der Waals surface area contributed by atoms with Crippen molar-refractivity contribution in [3.8, 4) is 11.4 Å². The molecule has 0 atom stereocenters. The molecule has 3 rings (SSSR count). The number of carbonyl (C=O) groups is 1. The number of carbonyl (C=O) groups excluding carboxylic acids is 1. The largest absolute Gasteiger partial charge is 0.496 e. The summed E-state index contributed by atoms with van der Waals surface area (Å²) in [6.07, 6.45) is 2.15. The molecule has 1 aromatic heterocycles. The lowest BCUT2D eigenvalue weighted by Gasteiger charge is -2.11. The average Bonchev–Trinajstić information content (AvgIpc) is 3.16. The van der Waals surface area contributed by atoms with E-state index in [9.17, 15) is 4.79 Å². The lowest BCUT2D eigenvalue weighted by molar-refractivity contribution is 0.0954. The second-order valence-corrected chi connectivity index (χ2v) is 5.59. The van der Waals surface area contributed by atoms with Crippen molar-refractivity contribution in [1.29, 1.82) is 0 Å². The Labute approximate surface area is 145 Å². The maximum Gasteiger partial charge on any atom is 0.253 e. The fourth-order valence-electron chi connectivity index (χ4n) is 2.65. The lowest BCUT2D eigenvalue weighted by Crippen LogP contribution is -2.27. The highest BCUT2D eigenvalue weighted by atomic mass is 16.5. The van der Waals surface area contributed by atoms with Crippen LogP contribution in [0.3, 0.4) is 0 Å². The molecule has 0 unspecified atom stereocenters. The number of para-hydroxylation sites is 1. The van der Waals surface area contributed by atoms with E-state index in [1.807, 2.05) is 31.2 Å². The van der Waals surface area contributed by atoms with E-state index in [1.165, 1.54) is 11.0 Å². The van der Waals surface area contributed by atoms with E-state index in [1.54, 1.807) is 19.2 Å². The van der Waals surface area contributed by atoms with Gasteiger partial charge in [-0.15, -0.1) is 5.10 Å². The van der Waals surface area contributed by atoms with Crippen LogP contribution >= 0.6 is 0 Å². The second kappa shape index (κ2) is 7.57. The third kappa shape index (κ3) is 3.82. The van der Waals surface area contributed by atoms with Crippen LogP contribution in [-0.2, 0) is 6.42 Å². The molecule has 0 aliphatic heterocycles. The summed E-state index contributed by atoms with van der Waals surface area (Å²) in [6.45, 7) is 2.53. The highest BCUT2D eigenvalue weighted by Crippen LogP contribution is 2.20. The quantitative estimate of drug-likeness (QED) is 0.743. The molecule has 0 aliphatic rings. The zero-order chi connectivity index (χ0) is 17.6. The summed E-state index contributed by atoms with van der Waals surface area (Å²) in [4.78, 5) is 12.5. The van der Waals surface area contributed by atoms with Gasteiger partial charge in [-0.3, -0.25) is 4.79 Å². The molecule has 1 amide bonds. The number of ether oxygens (including phenoxy) is 1. The molecule has 25 heavy (non-hydrogen) atoms. The molecule has 2 aromatic carbocycles. The Bertz CT molecular complexity index is 862. The lowest BCUT2D eigenvalue weighted by atomic mass is 10.1. The summed E-state index contributed by atoms with van der Waals surface area (Å²) in [7, 11) is 1.65. The van der Waals surface area contributed by atoms with Gasteiger partial charge in [0, 0.05) is 6.54 Å². The van der Waals surface area contributed by atoms with Crippen LogP contribution in [0.5, 0.6) is 5.75 Å². The molecule has 1 N–H and O–H groups in total. The molecule has 0 aliphatic carbocycles. The molecule has 0 fully saturated rings. The van der Waals surface area contributed by atoms with E-state index in [-0.39, 0.29) is 5.91 Å². The zero-order valence-electron chi connectivity index (χ0n) is 14.1. The summed E-state index contributed by atoms with van der Waals surface area (Å²) in [5, 5.41) is 14.0. The van der Waals surface area contributed by atoms with Crippen molar-refractivity contribution in [1.82, 2.24) is 25.5 Å². The van der Waals surface area contributed by atoms with Crippen LogP contribution in [0.4, 0.5) is 0 Å². The number of nitrogens with one attached hydrogen (secondary N) is 1. The summed E-state index contributed by atoms with van der Waals surface area (Å²) in [6, 6.07) is 13.2. The van der Waals surface area contributed by atoms with E-state index in [0.29, 0.717) is 24.2 Å². The molecule has 0 saturated heterocycles. The van der Waals surface area contributed by atoms with Crippen LogP contribution in [0.15, 0.2) is 48.8 Å². The normalized spacial score (nSPS) is 10.5. The van der Waals surface area contributed by atoms with Gasteiger partial charge in [0.2, 0.25) is 0 Å². The predicted molar refractivity (Wildman–Crippen MR) is 92.9 cm³/mol. The number of rotatable bonds is 6. The van der Waals surface area contributed by atoms with Crippen LogP contribution in [0.2, 0.25) is 0 Å². The molecule has 1 heterocycles. The van der Waals surface area contributed by atoms with Gasteiger partial charge in [0.15, 0.2) is 0 Å². The van der Waals surface area contributed by atoms with Gasteiger partial charge in [-0.05, 0) is 47.5 Å².